The fourth-order valence-electron chi connectivity index (χ4n) is 2.08. The lowest BCUT2D eigenvalue weighted by Gasteiger charge is -2.12. The second-order valence-electron chi connectivity index (χ2n) is 4.12. The van der Waals surface area contributed by atoms with Gasteiger partial charge in [-0.25, -0.2) is 9.67 Å². The van der Waals surface area contributed by atoms with Gasteiger partial charge in [0.1, 0.15) is 17.1 Å². The molecule has 3 rings (SSSR count). The fraction of sp³-hybridized carbons (Fsp3) is 0.500. The Balaban J connectivity index is 2.01. The quantitative estimate of drug-likeness (QED) is 0.753. The van der Waals surface area contributed by atoms with Gasteiger partial charge in [0.15, 0.2) is 11.4 Å². The van der Waals surface area contributed by atoms with Gasteiger partial charge in [0.25, 0.3) is 0 Å². The largest absolute Gasteiger partial charge is 0.394 e. The zero-order valence-electron chi connectivity index (χ0n) is 9.27. The number of hydrogen-bond donors (Lipinski definition) is 2. The highest BCUT2D eigenvalue weighted by atomic mass is 35.5. The Labute approximate surface area is 107 Å². The van der Waals surface area contributed by atoms with E-state index < -0.39 is 18.4 Å². The average molecular weight is 271 g/mol. The molecular weight excluding hydrogens is 260 g/mol. The highest BCUT2D eigenvalue weighted by molar-refractivity contribution is 6.33. The monoisotopic (exact) mass is 270 g/mol. The number of aliphatic hydroxyl groups excluding tert-OH is 2. The molecule has 3 heterocycles. The summed E-state index contributed by atoms with van der Waals surface area (Å²) in [5, 5.41) is 27.0. The molecule has 0 saturated carbocycles. The minimum atomic E-state index is -0.727. The smallest absolute Gasteiger partial charge is 0.156 e. The van der Waals surface area contributed by atoms with E-state index in [-0.39, 0.29) is 11.8 Å². The van der Waals surface area contributed by atoms with Crippen molar-refractivity contribution in [3.05, 3.63) is 17.4 Å². The molecule has 0 unspecified atom stereocenters. The third-order valence-electron chi connectivity index (χ3n) is 2.99. The number of aromatic nitrogens is 4. The maximum absolute atomic E-state index is 9.70. The van der Waals surface area contributed by atoms with Gasteiger partial charge < -0.3 is 14.9 Å². The number of fused-ring (bicyclic) bond motifs is 1. The van der Waals surface area contributed by atoms with E-state index in [1.807, 2.05) is 0 Å². The Kier molecular flexibility index (Phi) is 2.90. The molecule has 8 heteroatoms. The van der Waals surface area contributed by atoms with E-state index in [0.717, 1.165) is 0 Å². The predicted octanol–water partition coefficient (Wildman–Crippen LogP) is 0.120. The summed E-state index contributed by atoms with van der Waals surface area (Å²) in [7, 11) is 0. The van der Waals surface area contributed by atoms with Gasteiger partial charge in [0.05, 0.1) is 12.7 Å². The first kappa shape index (κ1) is 11.8. The van der Waals surface area contributed by atoms with Crippen molar-refractivity contribution in [2.75, 3.05) is 6.61 Å². The van der Waals surface area contributed by atoms with Crippen LogP contribution in [0, 0.1) is 0 Å². The molecule has 7 nitrogen and oxygen atoms in total. The first-order chi connectivity index (χ1) is 8.70. The number of aliphatic hydroxyl groups is 2. The topological polar surface area (TPSA) is 93.3 Å². The molecule has 0 bridgehead atoms. The van der Waals surface area contributed by atoms with Crippen LogP contribution in [0.5, 0.6) is 0 Å². The second-order valence-corrected chi connectivity index (χ2v) is 4.48. The van der Waals surface area contributed by atoms with Crippen molar-refractivity contribution in [3.63, 3.8) is 0 Å². The van der Waals surface area contributed by atoms with Crippen LogP contribution in [0.3, 0.4) is 0 Å². The summed E-state index contributed by atoms with van der Waals surface area (Å²) in [4.78, 5) is 3.97. The number of pyridine rings is 1. The van der Waals surface area contributed by atoms with Crippen molar-refractivity contribution in [1.29, 1.82) is 0 Å². The standard InChI is InChI=1S/C10H11ClN4O3/c11-10-9-5(1-2-12-10)13-14-15(9)8-3-6(17)7(4-16)18-8/h1-2,6-8,16-17H,3-4H2/t6-,7+,8+/m0/s1. The Morgan fingerprint density at radius 1 is 1.56 bits per heavy atom. The lowest BCUT2D eigenvalue weighted by atomic mass is 10.2. The second kappa shape index (κ2) is 4.43. The summed E-state index contributed by atoms with van der Waals surface area (Å²) in [5.41, 5.74) is 1.18. The van der Waals surface area contributed by atoms with Crippen LogP contribution in [-0.2, 0) is 4.74 Å². The molecule has 96 valence electrons. The highest BCUT2D eigenvalue weighted by Gasteiger charge is 2.36. The van der Waals surface area contributed by atoms with Crippen molar-refractivity contribution in [2.24, 2.45) is 0 Å². The van der Waals surface area contributed by atoms with Gasteiger partial charge in [-0.2, -0.15) is 0 Å². The van der Waals surface area contributed by atoms with Crippen molar-refractivity contribution >= 4 is 22.6 Å². The first-order valence-electron chi connectivity index (χ1n) is 5.50. The average Bonchev–Trinajstić information content (AvgIpc) is 2.93. The van der Waals surface area contributed by atoms with Crippen LogP contribution in [0.4, 0.5) is 0 Å². The van der Waals surface area contributed by atoms with Gasteiger partial charge in [0, 0.05) is 12.6 Å². The lowest BCUT2D eigenvalue weighted by molar-refractivity contribution is -0.0474. The maximum atomic E-state index is 9.70. The Morgan fingerprint density at radius 2 is 2.39 bits per heavy atom. The molecule has 2 aromatic heterocycles. The van der Waals surface area contributed by atoms with Gasteiger partial charge >= 0.3 is 0 Å². The van der Waals surface area contributed by atoms with Gasteiger partial charge in [-0.3, -0.25) is 0 Å². The molecule has 1 aliphatic rings. The predicted molar refractivity (Wildman–Crippen MR) is 62.0 cm³/mol. The number of hydrogen-bond acceptors (Lipinski definition) is 6. The van der Waals surface area contributed by atoms with E-state index in [2.05, 4.69) is 15.3 Å². The SMILES string of the molecule is OC[C@H]1O[C@@H](n2nnc3ccnc(Cl)c32)C[C@@H]1O. The van der Waals surface area contributed by atoms with E-state index in [4.69, 9.17) is 21.4 Å². The fourth-order valence-corrected chi connectivity index (χ4v) is 2.32. The van der Waals surface area contributed by atoms with Gasteiger partial charge in [-0.1, -0.05) is 16.8 Å². The number of rotatable bonds is 2. The zero-order valence-corrected chi connectivity index (χ0v) is 10.0. The summed E-state index contributed by atoms with van der Waals surface area (Å²) in [6.45, 7) is -0.240. The van der Waals surface area contributed by atoms with E-state index in [9.17, 15) is 5.11 Å². The third kappa shape index (κ3) is 1.76. The zero-order chi connectivity index (χ0) is 12.7. The van der Waals surface area contributed by atoms with Crippen LogP contribution in [0.25, 0.3) is 11.0 Å². The van der Waals surface area contributed by atoms with Crippen LogP contribution in [0.2, 0.25) is 5.15 Å². The Morgan fingerprint density at radius 3 is 3.11 bits per heavy atom. The molecule has 18 heavy (non-hydrogen) atoms. The van der Waals surface area contributed by atoms with E-state index in [1.54, 1.807) is 12.3 Å². The van der Waals surface area contributed by atoms with Crippen molar-refractivity contribution in [2.45, 2.75) is 24.9 Å². The molecular formula is C10H11ClN4O3. The summed E-state index contributed by atoms with van der Waals surface area (Å²) < 4.78 is 6.99. The lowest BCUT2D eigenvalue weighted by Crippen LogP contribution is -2.24. The molecule has 3 atom stereocenters. The number of ether oxygens (including phenoxy) is 1. The molecule has 0 aliphatic carbocycles. The van der Waals surface area contributed by atoms with Crippen LogP contribution >= 0.6 is 11.6 Å². The van der Waals surface area contributed by atoms with Crippen molar-refractivity contribution in [1.82, 2.24) is 20.0 Å². The molecule has 1 aliphatic heterocycles. The number of nitrogens with zero attached hydrogens (tertiary/aromatic N) is 4. The van der Waals surface area contributed by atoms with Gasteiger partial charge in [0.2, 0.25) is 0 Å². The van der Waals surface area contributed by atoms with Crippen LogP contribution in [0.1, 0.15) is 12.6 Å². The van der Waals surface area contributed by atoms with Crippen molar-refractivity contribution in [3.8, 4) is 0 Å². The minimum Gasteiger partial charge on any atom is -0.394 e. The van der Waals surface area contributed by atoms with Gasteiger partial charge in [-0.05, 0) is 6.07 Å². The molecule has 1 saturated heterocycles. The Hall–Kier alpha value is -1.28. The molecule has 1 fully saturated rings. The van der Waals surface area contributed by atoms with Crippen molar-refractivity contribution < 1.29 is 14.9 Å². The summed E-state index contributed by atoms with van der Waals surface area (Å²) >= 11 is 6.01. The summed E-state index contributed by atoms with van der Waals surface area (Å²) in [5.74, 6) is 0. The highest BCUT2D eigenvalue weighted by Crippen LogP contribution is 2.31. The molecule has 2 N–H and O–H groups in total. The van der Waals surface area contributed by atoms with Crippen LogP contribution in [0.15, 0.2) is 12.3 Å². The van der Waals surface area contributed by atoms with E-state index in [0.29, 0.717) is 17.5 Å². The van der Waals surface area contributed by atoms with Crippen LogP contribution in [-0.4, -0.2) is 49.0 Å². The molecule has 0 aromatic carbocycles. The summed E-state index contributed by atoms with van der Waals surface area (Å²) in [6, 6.07) is 1.69. The normalized spacial score (nSPS) is 28.1. The molecule has 2 aromatic rings. The van der Waals surface area contributed by atoms with E-state index >= 15 is 0 Å². The third-order valence-corrected chi connectivity index (χ3v) is 3.27. The maximum Gasteiger partial charge on any atom is 0.156 e. The van der Waals surface area contributed by atoms with Crippen LogP contribution < -0.4 is 0 Å². The molecule has 0 radical (unpaired) electrons. The molecule has 0 amide bonds. The molecule has 0 spiro atoms. The summed E-state index contributed by atoms with van der Waals surface area (Å²) in [6.07, 6.45) is 0.0442. The van der Waals surface area contributed by atoms with E-state index in [1.165, 1.54) is 4.68 Å². The first-order valence-corrected chi connectivity index (χ1v) is 5.88. The Bertz CT molecular complexity index is 575. The minimum absolute atomic E-state index is 0.240. The number of halogens is 1. The van der Waals surface area contributed by atoms with Gasteiger partial charge in [-0.15, -0.1) is 5.10 Å².